The third kappa shape index (κ3) is 3.61. The number of benzene rings is 1. The van der Waals surface area contributed by atoms with Gasteiger partial charge in [-0.1, -0.05) is 17.7 Å². The van der Waals surface area contributed by atoms with Crippen LogP contribution < -0.4 is 10.2 Å². The molecule has 5 heteroatoms. The first kappa shape index (κ1) is 15.9. The zero-order valence-electron chi connectivity index (χ0n) is 13.6. The molecular weight excluding hydrogens is 276 g/mol. The maximum Gasteiger partial charge on any atom is 0.258 e. The summed E-state index contributed by atoms with van der Waals surface area (Å²) < 4.78 is 0. The van der Waals surface area contributed by atoms with Gasteiger partial charge in [0, 0.05) is 31.2 Å². The van der Waals surface area contributed by atoms with E-state index in [1.165, 1.54) is 5.56 Å². The molecule has 0 aliphatic heterocycles. The number of hydrogen-bond acceptors (Lipinski definition) is 4. The first-order valence-electron chi connectivity index (χ1n) is 7.50. The molecule has 5 nitrogen and oxygen atoms in total. The standard InChI is InChI=1S/C17H22N4O/c1-5-21(6-2)17-18-10-14(11-19-17)16(22)20-15-8-7-12(3)9-13(15)4/h7-11H,5-6H2,1-4H3,(H,20,22). The molecule has 0 atom stereocenters. The number of nitrogens with one attached hydrogen (secondary N) is 1. The highest BCUT2D eigenvalue weighted by atomic mass is 16.1. The number of carbonyl (C=O) groups is 1. The fourth-order valence-corrected chi connectivity index (χ4v) is 2.26. The summed E-state index contributed by atoms with van der Waals surface area (Å²) in [6.07, 6.45) is 3.14. The van der Waals surface area contributed by atoms with E-state index >= 15 is 0 Å². The van der Waals surface area contributed by atoms with Gasteiger partial charge in [-0.15, -0.1) is 0 Å². The minimum atomic E-state index is -0.196. The lowest BCUT2D eigenvalue weighted by atomic mass is 10.1. The molecule has 0 aliphatic carbocycles. The van der Waals surface area contributed by atoms with E-state index in [4.69, 9.17) is 0 Å². The molecule has 22 heavy (non-hydrogen) atoms. The van der Waals surface area contributed by atoms with E-state index in [9.17, 15) is 4.79 Å². The molecule has 0 saturated heterocycles. The molecule has 0 spiro atoms. The molecule has 0 bridgehead atoms. The summed E-state index contributed by atoms with van der Waals surface area (Å²) in [6, 6.07) is 5.92. The highest BCUT2D eigenvalue weighted by Crippen LogP contribution is 2.17. The van der Waals surface area contributed by atoms with Crippen LogP contribution in [0, 0.1) is 13.8 Å². The largest absolute Gasteiger partial charge is 0.341 e. The smallest absolute Gasteiger partial charge is 0.258 e. The van der Waals surface area contributed by atoms with Gasteiger partial charge in [-0.3, -0.25) is 4.79 Å². The number of aryl methyl sites for hydroxylation is 2. The van der Waals surface area contributed by atoms with Crippen molar-refractivity contribution < 1.29 is 4.79 Å². The Hall–Kier alpha value is -2.43. The van der Waals surface area contributed by atoms with Gasteiger partial charge in [0.15, 0.2) is 0 Å². The molecule has 0 saturated carbocycles. The number of nitrogens with zero attached hydrogens (tertiary/aromatic N) is 3. The molecule has 1 heterocycles. The first-order valence-corrected chi connectivity index (χ1v) is 7.50. The third-order valence-electron chi connectivity index (χ3n) is 3.58. The Morgan fingerprint density at radius 2 is 1.77 bits per heavy atom. The summed E-state index contributed by atoms with van der Waals surface area (Å²) in [5.41, 5.74) is 3.47. The van der Waals surface area contributed by atoms with E-state index in [1.807, 2.05) is 50.8 Å². The minimum Gasteiger partial charge on any atom is -0.341 e. The van der Waals surface area contributed by atoms with Gasteiger partial charge in [0.2, 0.25) is 5.95 Å². The second-order valence-corrected chi connectivity index (χ2v) is 5.22. The maximum absolute atomic E-state index is 12.3. The molecule has 0 unspecified atom stereocenters. The van der Waals surface area contributed by atoms with Crippen molar-refractivity contribution >= 4 is 17.5 Å². The SMILES string of the molecule is CCN(CC)c1ncc(C(=O)Nc2ccc(C)cc2C)cn1. The van der Waals surface area contributed by atoms with Crippen molar-refractivity contribution in [1.82, 2.24) is 9.97 Å². The second kappa shape index (κ2) is 7.02. The van der Waals surface area contributed by atoms with Gasteiger partial charge >= 0.3 is 0 Å². The Kier molecular flexibility index (Phi) is 5.09. The summed E-state index contributed by atoms with van der Waals surface area (Å²) in [6.45, 7) is 9.78. The topological polar surface area (TPSA) is 58.1 Å². The number of amides is 1. The van der Waals surface area contributed by atoms with Gasteiger partial charge in [0.1, 0.15) is 0 Å². The Morgan fingerprint density at radius 3 is 2.32 bits per heavy atom. The van der Waals surface area contributed by atoms with Crippen molar-refractivity contribution in [3.05, 3.63) is 47.3 Å². The lowest BCUT2D eigenvalue weighted by Gasteiger charge is -2.18. The molecule has 0 aliphatic rings. The van der Waals surface area contributed by atoms with Crippen LogP contribution in [0.4, 0.5) is 11.6 Å². The zero-order valence-corrected chi connectivity index (χ0v) is 13.6. The molecule has 1 aromatic heterocycles. The minimum absolute atomic E-state index is 0.196. The fourth-order valence-electron chi connectivity index (χ4n) is 2.26. The summed E-state index contributed by atoms with van der Waals surface area (Å²) >= 11 is 0. The molecular formula is C17H22N4O. The van der Waals surface area contributed by atoms with Crippen LogP contribution in [0.25, 0.3) is 0 Å². The van der Waals surface area contributed by atoms with Gasteiger partial charge in [-0.25, -0.2) is 9.97 Å². The van der Waals surface area contributed by atoms with Crippen molar-refractivity contribution in [2.45, 2.75) is 27.7 Å². The van der Waals surface area contributed by atoms with Crippen molar-refractivity contribution in [3.8, 4) is 0 Å². The Balaban J connectivity index is 2.13. The summed E-state index contributed by atoms with van der Waals surface area (Å²) in [5, 5.41) is 2.90. The second-order valence-electron chi connectivity index (χ2n) is 5.22. The highest BCUT2D eigenvalue weighted by Gasteiger charge is 2.11. The van der Waals surface area contributed by atoms with E-state index in [0.29, 0.717) is 11.5 Å². The van der Waals surface area contributed by atoms with Crippen LogP contribution in [0.1, 0.15) is 35.3 Å². The number of aromatic nitrogens is 2. The maximum atomic E-state index is 12.3. The molecule has 2 aromatic rings. The monoisotopic (exact) mass is 298 g/mol. The summed E-state index contributed by atoms with van der Waals surface area (Å²) in [5.74, 6) is 0.450. The van der Waals surface area contributed by atoms with E-state index in [2.05, 4.69) is 15.3 Å². The molecule has 0 radical (unpaired) electrons. The summed E-state index contributed by atoms with van der Waals surface area (Å²) in [4.78, 5) is 22.8. The Morgan fingerprint density at radius 1 is 1.14 bits per heavy atom. The van der Waals surface area contributed by atoms with E-state index in [1.54, 1.807) is 12.4 Å². The van der Waals surface area contributed by atoms with Crippen LogP contribution in [0.2, 0.25) is 0 Å². The van der Waals surface area contributed by atoms with Crippen molar-refractivity contribution in [3.63, 3.8) is 0 Å². The van der Waals surface area contributed by atoms with Crippen LogP contribution >= 0.6 is 0 Å². The quantitative estimate of drug-likeness (QED) is 0.921. The number of rotatable bonds is 5. The van der Waals surface area contributed by atoms with Gasteiger partial charge in [0.05, 0.1) is 5.56 Å². The van der Waals surface area contributed by atoms with Crippen LogP contribution in [0.3, 0.4) is 0 Å². The van der Waals surface area contributed by atoms with Crippen LogP contribution in [-0.2, 0) is 0 Å². The van der Waals surface area contributed by atoms with E-state index in [-0.39, 0.29) is 5.91 Å². The number of anilines is 2. The summed E-state index contributed by atoms with van der Waals surface area (Å²) in [7, 11) is 0. The molecule has 1 aromatic carbocycles. The fraction of sp³-hybridized carbons (Fsp3) is 0.353. The zero-order chi connectivity index (χ0) is 16.1. The average Bonchev–Trinajstić information content (AvgIpc) is 2.52. The van der Waals surface area contributed by atoms with Crippen LogP contribution in [-0.4, -0.2) is 29.0 Å². The van der Waals surface area contributed by atoms with Gasteiger partial charge in [-0.2, -0.15) is 0 Å². The van der Waals surface area contributed by atoms with Gasteiger partial charge in [0.25, 0.3) is 5.91 Å². The lowest BCUT2D eigenvalue weighted by Crippen LogP contribution is -2.24. The lowest BCUT2D eigenvalue weighted by molar-refractivity contribution is 0.102. The molecule has 116 valence electrons. The molecule has 1 N–H and O–H groups in total. The van der Waals surface area contributed by atoms with E-state index < -0.39 is 0 Å². The highest BCUT2D eigenvalue weighted by molar-refractivity contribution is 6.04. The van der Waals surface area contributed by atoms with E-state index in [0.717, 1.165) is 24.3 Å². The Bertz CT molecular complexity index is 648. The van der Waals surface area contributed by atoms with Crippen LogP contribution in [0.15, 0.2) is 30.6 Å². The van der Waals surface area contributed by atoms with Crippen molar-refractivity contribution in [2.24, 2.45) is 0 Å². The number of hydrogen-bond donors (Lipinski definition) is 1. The van der Waals surface area contributed by atoms with Crippen LogP contribution in [0.5, 0.6) is 0 Å². The normalized spacial score (nSPS) is 10.4. The van der Waals surface area contributed by atoms with Gasteiger partial charge < -0.3 is 10.2 Å². The first-order chi connectivity index (χ1) is 10.5. The molecule has 2 rings (SSSR count). The Labute approximate surface area is 131 Å². The molecule has 0 fully saturated rings. The third-order valence-corrected chi connectivity index (χ3v) is 3.58. The molecule has 1 amide bonds. The predicted octanol–water partition coefficient (Wildman–Crippen LogP) is 3.19. The van der Waals surface area contributed by atoms with Gasteiger partial charge in [-0.05, 0) is 39.3 Å². The predicted molar refractivity (Wildman–Crippen MR) is 89.5 cm³/mol. The average molecular weight is 298 g/mol. The van der Waals surface area contributed by atoms with Crippen molar-refractivity contribution in [1.29, 1.82) is 0 Å². The number of carbonyl (C=O) groups excluding carboxylic acids is 1. The van der Waals surface area contributed by atoms with Crippen molar-refractivity contribution in [2.75, 3.05) is 23.3 Å².